The van der Waals surface area contributed by atoms with Gasteiger partial charge in [0.2, 0.25) is 0 Å². The van der Waals surface area contributed by atoms with Gasteiger partial charge in [-0.25, -0.2) is 9.59 Å². The molecule has 6 heteroatoms. The summed E-state index contributed by atoms with van der Waals surface area (Å²) >= 11 is 5.97. The average molecular weight is 299 g/mol. The van der Waals surface area contributed by atoms with Crippen molar-refractivity contribution in [3.05, 3.63) is 28.8 Å². The van der Waals surface area contributed by atoms with Crippen LogP contribution in [-0.4, -0.2) is 34.6 Å². The third kappa shape index (κ3) is 3.63. The lowest BCUT2D eigenvalue weighted by Crippen LogP contribution is -2.46. The third-order valence-electron chi connectivity index (χ3n) is 3.54. The van der Waals surface area contributed by atoms with Crippen LogP contribution in [0, 0.1) is 0 Å². The molecule has 0 aliphatic heterocycles. The predicted octanol–water partition coefficient (Wildman–Crippen LogP) is 3.69. The molecule has 0 atom stereocenters. The average Bonchev–Trinajstić information content (AvgIpc) is 2.39. The van der Waals surface area contributed by atoms with Gasteiger partial charge in [-0.1, -0.05) is 18.5 Å². The molecule has 1 aromatic carbocycles. The Balaban J connectivity index is 2.89. The maximum atomic E-state index is 12.1. The zero-order chi connectivity index (χ0) is 15.5. The van der Waals surface area contributed by atoms with Crippen LogP contribution in [0.3, 0.4) is 0 Å². The molecule has 0 saturated carbocycles. The Hall–Kier alpha value is -1.75. The topological polar surface area (TPSA) is 69.6 Å². The first-order chi connectivity index (χ1) is 9.19. The van der Waals surface area contributed by atoms with E-state index in [-0.39, 0.29) is 22.2 Å². The van der Waals surface area contributed by atoms with Crippen LogP contribution >= 0.6 is 11.6 Å². The van der Waals surface area contributed by atoms with Crippen molar-refractivity contribution in [1.29, 1.82) is 0 Å². The number of halogens is 1. The molecular weight excluding hydrogens is 280 g/mol. The summed E-state index contributed by atoms with van der Waals surface area (Å²) in [6.07, 6.45) is 0.808. The lowest BCUT2D eigenvalue weighted by Gasteiger charge is -2.34. The Bertz CT molecular complexity index is 529. The van der Waals surface area contributed by atoms with Crippen LogP contribution in [-0.2, 0) is 0 Å². The molecule has 0 aliphatic carbocycles. The quantitative estimate of drug-likeness (QED) is 0.890. The largest absolute Gasteiger partial charge is 0.478 e. The highest BCUT2D eigenvalue weighted by Gasteiger charge is 2.26. The number of rotatable bonds is 4. The fourth-order valence-electron chi connectivity index (χ4n) is 1.46. The Kier molecular flexibility index (Phi) is 5.00. The second kappa shape index (κ2) is 6.13. The summed E-state index contributed by atoms with van der Waals surface area (Å²) in [5, 5.41) is 11.7. The molecule has 2 N–H and O–H groups in total. The first kappa shape index (κ1) is 16.3. The summed E-state index contributed by atoms with van der Waals surface area (Å²) in [5.74, 6) is -1.06. The van der Waals surface area contributed by atoms with Crippen molar-refractivity contribution < 1.29 is 14.7 Å². The highest BCUT2D eigenvalue weighted by Crippen LogP contribution is 2.25. The van der Waals surface area contributed by atoms with Gasteiger partial charge in [0.1, 0.15) is 0 Å². The number of hydrogen-bond donors (Lipinski definition) is 2. The van der Waals surface area contributed by atoms with E-state index in [4.69, 9.17) is 16.7 Å². The zero-order valence-corrected chi connectivity index (χ0v) is 12.8. The molecule has 0 radical (unpaired) electrons. The van der Waals surface area contributed by atoms with Crippen molar-refractivity contribution >= 4 is 29.3 Å². The van der Waals surface area contributed by atoms with E-state index in [9.17, 15) is 9.59 Å². The minimum Gasteiger partial charge on any atom is -0.478 e. The summed E-state index contributed by atoms with van der Waals surface area (Å²) in [6.45, 7) is 5.92. The molecule has 0 heterocycles. The fraction of sp³-hybridized carbons (Fsp3) is 0.429. The van der Waals surface area contributed by atoms with Crippen LogP contribution in [0.25, 0.3) is 0 Å². The van der Waals surface area contributed by atoms with E-state index in [0.717, 1.165) is 6.42 Å². The maximum Gasteiger partial charge on any atom is 0.335 e. The molecule has 110 valence electrons. The van der Waals surface area contributed by atoms with Crippen LogP contribution in [0.15, 0.2) is 18.2 Å². The molecule has 5 nitrogen and oxygen atoms in total. The van der Waals surface area contributed by atoms with Crippen LogP contribution in [0.1, 0.15) is 37.6 Å². The van der Waals surface area contributed by atoms with Gasteiger partial charge in [0.15, 0.2) is 0 Å². The van der Waals surface area contributed by atoms with Gasteiger partial charge in [-0.05, 0) is 38.5 Å². The molecule has 0 aliphatic rings. The number of carbonyl (C=O) groups excluding carboxylic acids is 1. The van der Waals surface area contributed by atoms with Gasteiger partial charge in [0.05, 0.1) is 16.3 Å². The maximum absolute atomic E-state index is 12.1. The van der Waals surface area contributed by atoms with Gasteiger partial charge < -0.3 is 15.3 Å². The number of amides is 2. The molecule has 2 amide bonds. The molecule has 0 aromatic heterocycles. The highest BCUT2D eigenvalue weighted by atomic mass is 35.5. The van der Waals surface area contributed by atoms with Gasteiger partial charge >= 0.3 is 12.0 Å². The van der Waals surface area contributed by atoms with Gasteiger partial charge in [-0.15, -0.1) is 0 Å². The molecule has 1 rings (SSSR count). The smallest absolute Gasteiger partial charge is 0.335 e. The minimum absolute atomic E-state index is 0.0789. The number of benzene rings is 1. The lowest BCUT2D eigenvalue weighted by molar-refractivity contribution is 0.0697. The second-order valence-electron chi connectivity index (χ2n) is 5.15. The van der Waals surface area contributed by atoms with E-state index in [1.165, 1.54) is 18.2 Å². The molecule has 0 spiro atoms. The van der Waals surface area contributed by atoms with E-state index in [2.05, 4.69) is 5.32 Å². The first-order valence-corrected chi connectivity index (χ1v) is 6.64. The van der Waals surface area contributed by atoms with Gasteiger partial charge in [0.25, 0.3) is 0 Å². The van der Waals surface area contributed by atoms with Crippen LogP contribution in [0.2, 0.25) is 5.02 Å². The van der Waals surface area contributed by atoms with Crippen molar-refractivity contribution in [2.45, 2.75) is 32.7 Å². The standard InChI is InChI=1S/C14H19ClN2O3/c1-5-14(2,3)17(4)13(20)16-11-7-6-9(12(18)19)8-10(11)15/h6-8H,5H2,1-4H3,(H,16,20)(H,18,19). The summed E-state index contributed by atoms with van der Waals surface area (Å²) in [7, 11) is 1.71. The highest BCUT2D eigenvalue weighted by molar-refractivity contribution is 6.34. The van der Waals surface area contributed by atoms with Crippen molar-refractivity contribution in [3.63, 3.8) is 0 Å². The number of carboxylic acids is 1. The van der Waals surface area contributed by atoms with E-state index in [1.807, 2.05) is 20.8 Å². The van der Waals surface area contributed by atoms with Gasteiger partial charge in [-0.3, -0.25) is 0 Å². The lowest BCUT2D eigenvalue weighted by atomic mass is 10.0. The number of nitrogens with one attached hydrogen (secondary N) is 1. The number of anilines is 1. The second-order valence-corrected chi connectivity index (χ2v) is 5.56. The summed E-state index contributed by atoms with van der Waals surface area (Å²) in [4.78, 5) is 24.5. The third-order valence-corrected chi connectivity index (χ3v) is 3.85. The van der Waals surface area contributed by atoms with E-state index in [0.29, 0.717) is 5.69 Å². The summed E-state index contributed by atoms with van der Waals surface area (Å²) < 4.78 is 0. The normalized spacial score (nSPS) is 11.1. The Morgan fingerprint density at radius 3 is 2.45 bits per heavy atom. The molecule has 1 aromatic rings. The molecule has 0 fully saturated rings. The Morgan fingerprint density at radius 2 is 2.00 bits per heavy atom. The van der Waals surface area contributed by atoms with E-state index in [1.54, 1.807) is 11.9 Å². The number of carboxylic acid groups (broad SMARTS) is 1. The molecule has 0 saturated heterocycles. The number of carbonyl (C=O) groups is 2. The van der Waals surface area contributed by atoms with Crippen molar-refractivity contribution in [2.24, 2.45) is 0 Å². The summed E-state index contributed by atoms with van der Waals surface area (Å²) in [6, 6.07) is 3.90. The fourth-order valence-corrected chi connectivity index (χ4v) is 1.69. The number of hydrogen-bond acceptors (Lipinski definition) is 2. The number of urea groups is 1. The van der Waals surface area contributed by atoms with E-state index < -0.39 is 5.97 Å². The van der Waals surface area contributed by atoms with Crippen LogP contribution < -0.4 is 5.32 Å². The zero-order valence-electron chi connectivity index (χ0n) is 12.0. The molecular formula is C14H19ClN2O3. The molecule has 0 unspecified atom stereocenters. The van der Waals surface area contributed by atoms with Crippen molar-refractivity contribution in [1.82, 2.24) is 4.90 Å². The van der Waals surface area contributed by atoms with Crippen LogP contribution in [0.5, 0.6) is 0 Å². The van der Waals surface area contributed by atoms with Crippen LogP contribution in [0.4, 0.5) is 10.5 Å². The van der Waals surface area contributed by atoms with Crippen molar-refractivity contribution in [2.75, 3.05) is 12.4 Å². The van der Waals surface area contributed by atoms with Gasteiger partial charge in [0, 0.05) is 12.6 Å². The van der Waals surface area contributed by atoms with Gasteiger partial charge in [-0.2, -0.15) is 0 Å². The minimum atomic E-state index is -1.06. The monoisotopic (exact) mass is 298 g/mol. The number of nitrogens with zero attached hydrogens (tertiary/aromatic N) is 1. The predicted molar refractivity (Wildman–Crippen MR) is 79.6 cm³/mol. The molecule has 20 heavy (non-hydrogen) atoms. The van der Waals surface area contributed by atoms with E-state index >= 15 is 0 Å². The first-order valence-electron chi connectivity index (χ1n) is 6.26. The number of aromatic carboxylic acids is 1. The summed E-state index contributed by atoms with van der Waals surface area (Å²) in [5.41, 5.74) is 0.188. The van der Waals surface area contributed by atoms with Crippen molar-refractivity contribution in [3.8, 4) is 0 Å². The SMILES string of the molecule is CCC(C)(C)N(C)C(=O)Nc1ccc(C(=O)O)cc1Cl. The molecule has 0 bridgehead atoms. The Labute approximate surface area is 123 Å². The Morgan fingerprint density at radius 1 is 1.40 bits per heavy atom.